The number of hydrogen-bond donors (Lipinski definition) is 1. The summed E-state index contributed by atoms with van der Waals surface area (Å²) >= 11 is 0. The van der Waals surface area contributed by atoms with Crippen molar-refractivity contribution in [3.05, 3.63) is 23.9 Å². The van der Waals surface area contributed by atoms with Gasteiger partial charge in [0, 0.05) is 38.9 Å². The highest BCUT2D eigenvalue weighted by atomic mass is 16.5. The maximum atomic E-state index is 5.21. The highest BCUT2D eigenvalue weighted by Crippen LogP contribution is 2.12. The topological polar surface area (TPSA) is 46.6 Å². The van der Waals surface area contributed by atoms with Crippen molar-refractivity contribution in [2.24, 2.45) is 0 Å². The third kappa shape index (κ3) is 4.74. The molecular formula is C15H25N3O2. The Kier molecular flexibility index (Phi) is 6.24. The first-order chi connectivity index (χ1) is 9.81. The first kappa shape index (κ1) is 15.2. The van der Waals surface area contributed by atoms with Crippen LogP contribution in [0, 0.1) is 0 Å². The molecule has 0 amide bonds. The lowest BCUT2D eigenvalue weighted by Gasteiger charge is -2.25. The summed E-state index contributed by atoms with van der Waals surface area (Å²) < 4.78 is 10.4. The normalized spacial score (nSPS) is 18.6. The van der Waals surface area contributed by atoms with E-state index in [1.807, 2.05) is 18.2 Å². The van der Waals surface area contributed by atoms with E-state index in [0.717, 1.165) is 38.5 Å². The smallest absolute Gasteiger partial charge is 0.213 e. The van der Waals surface area contributed by atoms with Gasteiger partial charge >= 0.3 is 0 Å². The van der Waals surface area contributed by atoms with Crippen LogP contribution in [0.3, 0.4) is 0 Å². The predicted octanol–water partition coefficient (Wildman–Crippen LogP) is 1.29. The number of aromatic nitrogens is 1. The quantitative estimate of drug-likeness (QED) is 0.777. The Balaban J connectivity index is 1.94. The summed E-state index contributed by atoms with van der Waals surface area (Å²) in [7, 11) is 3.40. The Hall–Kier alpha value is -1.17. The fourth-order valence-electron chi connectivity index (χ4n) is 2.57. The Morgan fingerprint density at radius 3 is 3.00 bits per heavy atom. The molecule has 1 atom stereocenters. The highest BCUT2D eigenvalue weighted by Gasteiger charge is 2.18. The highest BCUT2D eigenvalue weighted by molar-refractivity contribution is 5.15. The van der Waals surface area contributed by atoms with E-state index in [1.165, 1.54) is 12.8 Å². The maximum Gasteiger partial charge on any atom is 0.213 e. The van der Waals surface area contributed by atoms with Crippen molar-refractivity contribution in [1.82, 2.24) is 15.2 Å². The van der Waals surface area contributed by atoms with E-state index < -0.39 is 0 Å². The molecule has 5 nitrogen and oxygen atoms in total. The summed E-state index contributed by atoms with van der Waals surface area (Å²) in [5.74, 6) is 0.674. The molecule has 0 bridgehead atoms. The summed E-state index contributed by atoms with van der Waals surface area (Å²) in [6.45, 7) is 4.69. The molecule has 0 aromatic carbocycles. The molecule has 0 aliphatic carbocycles. The molecule has 1 aliphatic heterocycles. The SMILES string of the molecule is COCCN(Cc1cccc(OC)n1)CC1CCCN1. The van der Waals surface area contributed by atoms with Gasteiger partial charge < -0.3 is 14.8 Å². The molecule has 0 radical (unpaired) electrons. The summed E-state index contributed by atoms with van der Waals surface area (Å²) in [5.41, 5.74) is 1.04. The van der Waals surface area contributed by atoms with Gasteiger partial charge in [-0.1, -0.05) is 6.07 Å². The molecular weight excluding hydrogens is 254 g/mol. The van der Waals surface area contributed by atoms with Crippen molar-refractivity contribution in [2.45, 2.75) is 25.4 Å². The van der Waals surface area contributed by atoms with E-state index in [1.54, 1.807) is 14.2 Å². The number of nitrogens with zero attached hydrogens (tertiary/aromatic N) is 2. The Morgan fingerprint density at radius 1 is 1.40 bits per heavy atom. The van der Waals surface area contributed by atoms with Crippen LogP contribution in [0.5, 0.6) is 5.88 Å². The number of nitrogens with one attached hydrogen (secondary N) is 1. The fraction of sp³-hybridized carbons (Fsp3) is 0.667. The second-order valence-electron chi connectivity index (χ2n) is 5.19. The molecule has 1 aliphatic rings. The molecule has 1 N–H and O–H groups in total. The molecule has 1 unspecified atom stereocenters. The fourth-order valence-corrected chi connectivity index (χ4v) is 2.57. The van der Waals surface area contributed by atoms with Gasteiger partial charge in [0.2, 0.25) is 5.88 Å². The van der Waals surface area contributed by atoms with Crippen LogP contribution in [0.4, 0.5) is 0 Å². The maximum absolute atomic E-state index is 5.21. The van der Waals surface area contributed by atoms with Crippen LogP contribution < -0.4 is 10.1 Å². The minimum atomic E-state index is 0.595. The zero-order valence-electron chi connectivity index (χ0n) is 12.5. The predicted molar refractivity (Wildman–Crippen MR) is 79.0 cm³/mol. The minimum Gasteiger partial charge on any atom is -0.481 e. The first-order valence-corrected chi connectivity index (χ1v) is 7.26. The number of rotatable bonds is 8. The monoisotopic (exact) mass is 279 g/mol. The third-order valence-electron chi connectivity index (χ3n) is 3.63. The van der Waals surface area contributed by atoms with Crippen LogP contribution in [0.15, 0.2) is 18.2 Å². The van der Waals surface area contributed by atoms with E-state index in [2.05, 4.69) is 15.2 Å². The van der Waals surface area contributed by atoms with Crippen LogP contribution in [-0.4, -0.2) is 56.4 Å². The van der Waals surface area contributed by atoms with Crippen LogP contribution in [0.25, 0.3) is 0 Å². The average Bonchev–Trinajstić information content (AvgIpc) is 2.98. The third-order valence-corrected chi connectivity index (χ3v) is 3.63. The molecule has 2 heterocycles. The molecule has 1 saturated heterocycles. The average molecular weight is 279 g/mol. The van der Waals surface area contributed by atoms with Gasteiger partial charge in [-0.2, -0.15) is 0 Å². The lowest BCUT2D eigenvalue weighted by Crippen LogP contribution is -2.38. The number of methoxy groups -OCH3 is 2. The van der Waals surface area contributed by atoms with Crippen molar-refractivity contribution >= 4 is 0 Å². The first-order valence-electron chi connectivity index (χ1n) is 7.26. The van der Waals surface area contributed by atoms with Gasteiger partial charge in [-0.15, -0.1) is 0 Å². The van der Waals surface area contributed by atoms with Gasteiger partial charge in [0.15, 0.2) is 0 Å². The Labute approximate surface area is 121 Å². The lowest BCUT2D eigenvalue weighted by molar-refractivity contribution is 0.137. The summed E-state index contributed by atoms with van der Waals surface area (Å²) in [4.78, 5) is 6.89. The standard InChI is InChI=1S/C15H25N3O2/c1-19-10-9-18(11-13-6-4-8-16-13)12-14-5-3-7-15(17-14)20-2/h3,5,7,13,16H,4,6,8-12H2,1-2H3. The Morgan fingerprint density at radius 2 is 2.30 bits per heavy atom. The van der Waals surface area contributed by atoms with Crippen molar-refractivity contribution in [1.29, 1.82) is 0 Å². The molecule has 2 rings (SSSR count). The van der Waals surface area contributed by atoms with Gasteiger partial charge in [-0.05, 0) is 25.5 Å². The van der Waals surface area contributed by atoms with Gasteiger partial charge in [0.25, 0.3) is 0 Å². The number of pyridine rings is 1. The van der Waals surface area contributed by atoms with Crippen molar-refractivity contribution in [3.63, 3.8) is 0 Å². The second-order valence-corrected chi connectivity index (χ2v) is 5.19. The molecule has 112 valence electrons. The van der Waals surface area contributed by atoms with Gasteiger partial charge in [0.1, 0.15) is 0 Å². The van der Waals surface area contributed by atoms with Crippen molar-refractivity contribution in [3.8, 4) is 5.88 Å². The van der Waals surface area contributed by atoms with Crippen LogP contribution in [0.1, 0.15) is 18.5 Å². The Bertz CT molecular complexity index is 394. The number of ether oxygens (including phenoxy) is 2. The zero-order chi connectivity index (χ0) is 14.2. The molecule has 5 heteroatoms. The summed E-state index contributed by atoms with van der Waals surface area (Å²) in [6, 6.07) is 6.51. The van der Waals surface area contributed by atoms with E-state index in [4.69, 9.17) is 9.47 Å². The van der Waals surface area contributed by atoms with Crippen LogP contribution in [0.2, 0.25) is 0 Å². The summed E-state index contributed by atoms with van der Waals surface area (Å²) in [6.07, 6.45) is 2.54. The summed E-state index contributed by atoms with van der Waals surface area (Å²) in [5, 5.41) is 3.54. The molecule has 20 heavy (non-hydrogen) atoms. The molecule has 1 fully saturated rings. The van der Waals surface area contributed by atoms with Crippen LogP contribution in [-0.2, 0) is 11.3 Å². The molecule has 0 saturated carbocycles. The zero-order valence-corrected chi connectivity index (χ0v) is 12.5. The van der Waals surface area contributed by atoms with Crippen molar-refractivity contribution in [2.75, 3.05) is 40.5 Å². The van der Waals surface area contributed by atoms with E-state index in [-0.39, 0.29) is 0 Å². The lowest BCUT2D eigenvalue weighted by atomic mass is 10.2. The minimum absolute atomic E-state index is 0.595. The van der Waals surface area contributed by atoms with Crippen LogP contribution >= 0.6 is 0 Å². The molecule has 0 spiro atoms. The van der Waals surface area contributed by atoms with E-state index >= 15 is 0 Å². The molecule has 1 aromatic heterocycles. The van der Waals surface area contributed by atoms with Crippen molar-refractivity contribution < 1.29 is 9.47 Å². The molecule has 1 aromatic rings. The second kappa shape index (κ2) is 8.19. The van der Waals surface area contributed by atoms with E-state index in [9.17, 15) is 0 Å². The van der Waals surface area contributed by atoms with Gasteiger partial charge in [0.05, 0.1) is 19.4 Å². The van der Waals surface area contributed by atoms with Gasteiger partial charge in [-0.3, -0.25) is 4.90 Å². The number of hydrogen-bond acceptors (Lipinski definition) is 5. The largest absolute Gasteiger partial charge is 0.481 e. The van der Waals surface area contributed by atoms with E-state index in [0.29, 0.717) is 11.9 Å². The van der Waals surface area contributed by atoms with Gasteiger partial charge in [-0.25, -0.2) is 4.98 Å².